The molecule has 1 aromatic heterocycles. The number of aromatic nitrogens is 1. The minimum atomic E-state index is -1.33. The smallest absolute Gasteiger partial charge is 0.465 e. The first kappa shape index (κ1) is 16.0. The molecule has 0 spiro atoms. The Kier molecular flexibility index (Phi) is 6.78. The number of carbonyl (C=O) groups excluding carboxylic acids is 1. The predicted molar refractivity (Wildman–Crippen MR) is 73.7 cm³/mol. The number of carbonyl (C=O) groups is 2. The average molecular weight is 290 g/mol. The number of rotatable bonds is 3. The van der Waals surface area contributed by atoms with E-state index in [0.29, 0.717) is 5.75 Å². The Hall–Kier alpha value is -3.09. The van der Waals surface area contributed by atoms with Gasteiger partial charge in [0, 0.05) is 12.4 Å². The van der Waals surface area contributed by atoms with Crippen molar-refractivity contribution in [2.75, 3.05) is 0 Å². The van der Waals surface area contributed by atoms with Crippen molar-refractivity contribution in [1.82, 2.24) is 4.98 Å². The van der Waals surface area contributed by atoms with Gasteiger partial charge in [-0.3, -0.25) is 4.98 Å². The summed E-state index contributed by atoms with van der Waals surface area (Å²) in [7, 11) is 0. The summed E-state index contributed by atoms with van der Waals surface area (Å²) < 4.78 is 9.89. The fourth-order valence-corrected chi connectivity index (χ4v) is 1.25. The zero-order valence-corrected chi connectivity index (χ0v) is 11.0. The quantitative estimate of drug-likeness (QED) is 0.839. The van der Waals surface area contributed by atoms with E-state index >= 15 is 0 Å². The number of ether oxygens (including phenoxy) is 2. The highest BCUT2D eigenvalue weighted by Crippen LogP contribution is 2.08. The zero-order chi connectivity index (χ0) is 15.5. The van der Waals surface area contributed by atoms with E-state index < -0.39 is 12.2 Å². The van der Waals surface area contributed by atoms with Crippen LogP contribution in [0.5, 0.6) is 5.75 Å². The lowest BCUT2D eigenvalue weighted by Crippen LogP contribution is -2.10. The Morgan fingerprint density at radius 2 is 1.67 bits per heavy atom. The summed E-state index contributed by atoms with van der Waals surface area (Å²) in [4.78, 5) is 23.9. The number of nitrogens with two attached hydrogens (primary N) is 1. The summed E-state index contributed by atoms with van der Waals surface area (Å²) in [5, 5.41) is 7.19. The van der Waals surface area contributed by atoms with Gasteiger partial charge in [-0.1, -0.05) is 30.3 Å². The second-order valence-corrected chi connectivity index (χ2v) is 3.65. The fourth-order valence-electron chi connectivity index (χ4n) is 1.25. The Labute approximate surface area is 120 Å². The lowest BCUT2D eigenvalue weighted by molar-refractivity contribution is 0.0927. The summed E-state index contributed by atoms with van der Waals surface area (Å²) in [5.41, 5.74) is 4.94. The molecule has 0 unspecified atom stereocenters. The van der Waals surface area contributed by atoms with Crippen molar-refractivity contribution < 1.29 is 24.2 Å². The Morgan fingerprint density at radius 1 is 1.10 bits per heavy atom. The molecular formula is C14H14N2O5. The number of amides is 1. The van der Waals surface area contributed by atoms with Crippen LogP contribution in [0, 0.1) is 0 Å². The Bertz CT molecular complexity index is 556. The van der Waals surface area contributed by atoms with Crippen LogP contribution in [-0.2, 0) is 11.3 Å². The first-order valence-electron chi connectivity index (χ1n) is 5.85. The maximum Gasteiger partial charge on any atom is 0.514 e. The predicted octanol–water partition coefficient (Wildman–Crippen LogP) is 2.42. The lowest BCUT2D eigenvalue weighted by Gasteiger charge is -2.05. The van der Waals surface area contributed by atoms with Crippen molar-refractivity contribution in [3.63, 3.8) is 0 Å². The molecule has 1 amide bonds. The summed E-state index contributed by atoms with van der Waals surface area (Å²) >= 11 is 0. The SMILES string of the molecule is NC(=O)O.O=C(OCc1ccccc1)Oc1ccncc1. The van der Waals surface area contributed by atoms with E-state index in [9.17, 15) is 4.79 Å². The first-order chi connectivity index (χ1) is 10.1. The molecule has 0 radical (unpaired) electrons. The summed E-state index contributed by atoms with van der Waals surface area (Å²) in [6.07, 6.45) is 1.03. The molecule has 0 aliphatic carbocycles. The molecule has 0 aliphatic heterocycles. The van der Waals surface area contributed by atoms with Crippen LogP contribution < -0.4 is 10.5 Å². The topological polar surface area (TPSA) is 112 Å². The number of nitrogens with zero attached hydrogens (tertiary/aromatic N) is 1. The van der Waals surface area contributed by atoms with Crippen molar-refractivity contribution in [1.29, 1.82) is 0 Å². The maximum absolute atomic E-state index is 11.3. The Morgan fingerprint density at radius 3 is 2.24 bits per heavy atom. The van der Waals surface area contributed by atoms with Crippen molar-refractivity contribution in [2.24, 2.45) is 5.73 Å². The van der Waals surface area contributed by atoms with E-state index in [0.717, 1.165) is 5.56 Å². The van der Waals surface area contributed by atoms with Gasteiger partial charge in [-0.15, -0.1) is 0 Å². The molecule has 7 heteroatoms. The van der Waals surface area contributed by atoms with Crippen molar-refractivity contribution in [3.8, 4) is 5.75 Å². The molecule has 1 aromatic carbocycles. The van der Waals surface area contributed by atoms with Crippen LogP contribution in [0.2, 0.25) is 0 Å². The molecule has 0 bridgehead atoms. The molecule has 0 saturated heterocycles. The summed E-state index contributed by atoms with van der Waals surface area (Å²) in [6, 6.07) is 12.6. The van der Waals surface area contributed by atoms with Crippen LogP contribution in [0.15, 0.2) is 54.9 Å². The van der Waals surface area contributed by atoms with Crippen LogP contribution >= 0.6 is 0 Å². The second-order valence-electron chi connectivity index (χ2n) is 3.65. The lowest BCUT2D eigenvalue weighted by atomic mass is 10.2. The summed E-state index contributed by atoms with van der Waals surface area (Å²) in [6.45, 7) is 0.199. The molecule has 0 atom stereocenters. The highest BCUT2D eigenvalue weighted by molar-refractivity contribution is 5.63. The van der Waals surface area contributed by atoms with Crippen LogP contribution in [-0.4, -0.2) is 22.3 Å². The number of hydrogen-bond donors (Lipinski definition) is 2. The first-order valence-corrected chi connectivity index (χ1v) is 5.85. The standard InChI is InChI=1S/C13H11NO3.CH3NO2/c15-13(17-12-6-8-14-9-7-12)16-10-11-4-2-1-3-5-11;2-1(3)4/h1-9H,10H2;2H2,(H,3,4). The van der Waals surface area contributed by atoms with E-state index in [4.69, 9.17) is 19.4 Å². The van der Waals surface area contributed by atoms with Gasteiger partial charge in [-0.05, 0) is 17.7 Å². The van der Waals surface area contributed by atoms with Crippen molar-refractivity contribution >= 4 is 12.2 Å². The molecule has 7 nitrogen and oxygen atoms in total. The molecule has 2 aromatic rings. The molecule has 3 N–H and O–H groups in total. The van der Waals surface area contributed by atoms with E-state index in [-0.39, 0.29) is 6.61 Å². The highest BCUT2D eigenvalue weighted by atomic mass is 16.7. The molecule has 21 heavy (non-hydrogen) atoms. The number of primary amides is 1. The van der Waals surface area contributed by atoms with Crippen LogP contribution in [0.3, 0.4) is 0 Å². The fraction of sp³-hybridized carbons (Fsp3) is 0.0714. The molecular weight excluding hydrogens is 276 g/mol. The van der Waals surface area contributed by atoms with Gasteiger partial charge in [0.15, 0.2) is 0 Å². The summed E-state index contributed by atoms with van der Waals surface area (Å²) in [5.74, 6) is 0.415. The number of benzene rings is 1. The molecule has 0 saturated carbocycles. The largest absolute Gasteiger partial charge is 0.514 e. The van der Waals surface area contributed by atoms with E-state index in [1.165, 1.54) is 0 Å². The minimum absolute atomic E-state index is 0.199. The maximum atomic E-state index is 11.3. The van der Waals surface area contributed by atoms with Gasteiger partial charge in [-0.25, -0.2) is 9.59 Å². The van der Waals surface area contributed by atoms with Gasteiger partial charge in [-0.2, -0.15) is 0 Å². The van der Waals surface area contributed by atoms with Crippen LogP contribution in [0.1, 0.15) is 5.56 Å². The van der Waals surface area contributed by atoms with E-state index in [2.05, 4.69) is 10.7 Å². The van der Waals surface area contributed by atoms with Crippen molar-refractivity contribution in [3.05, 3.63) is 60.4 Å². The van der Waals surface area contributed by atoms with E-state index in [1.807, 2.05) is 30.3 Å². The van der Waals surface area contributed by atoms with Gasteiger partial charge in [0.25, 0.3) is 0 Å². The molecule has 1 heterocycles. The monoisotopic (exact) mass is 290 g/mol. The molecule has 110 valence electrons. The van der Waals surface area contributed by atoms with Crippen LogP contribution in [0.25, 0.3) is 0 Å². The molecule has 2 rings (SSSR count). The van der Waals surface area contributed by atoms with Gasteiger partial charge in [0.1, 0.15) is 12.4 Å². The van der Waals surface area contributed by atoms with E-state index in [1.54, 1.807) is 24.5 Å². The van der Waals surface area contributed by atoms with Gasteiger partial charge >= 0.3 is 12.2 Å². The number of hydrogen-bond acceptors (Lipinski definition) is 5. The molecule has 0 fully saturated rings. The number of carboxylic acid groups (broad SMARTS) is 1. The zero-order valence-electron chi connectivity index (χ0n) is 11.0. The average Bonchev–Trinajstić information content (AvgIpc) is 2.47. The molecule has 0 aliphatic rings. The normalized spacial score (nSPS) is 8.95. The van der Waals surface area contributed by atoms with Gasteiger partial charge < -0.3 is 20.3 Å². The third kappa shape index (κ3) is 7.83. The van der Waals surface area contributed by atoms with Gasteiger partial charge in [0.2, 0.25) is 0 Å². The second kappa shape index (κ2) is 8.92. The van der Waals surface area contributed by atoms with Crippen LogP contribution in [0.4, 0.5) is 9.59 Å². The third-order valence-corrected chi connectivity index (χ3v) is 2.05. The third-order valence-electron chi connectivity index (χ3n) is 2.05. The van der Waals surface area contributed by atoms with Crippen molar-refractivity contribution in [2.45, 2.75) is 6.61 Å². The minimum Gasteiger partial charge on any atom is -0.465 e. The highest BCUT2D eigenvalue weighted by Gasteiger charge is 2.05. The number of pyridine rings is 1. The Balaban J connectivity index is 0.000000491. The van der Waals surface area contributed by atoms with Gasteiger partial charge in [0.05, 0.1) is 0 Å².